The topological polar surface area (TPSA) is 140 Å². The third-order valence-corrected chi connectivity index (χ3v) is 7.26. The van der Waals surface area contributed by atoms with E-state index in [9.17, 15) is 22.9 Å². The predicted octanol–water partition coefficient (Wildman–Crippen LogP) is 3.71. The van der Waals surface area contributed by atoms with Crippen LogP contribution in [0.3, 0.4) is 0 Å². The van der Waals surface area contributed by atoms with Crippen molar-refractivity contribution in [2.45, 2.75) is 18.2 Å². The molecule has 1 amide bonds. The number of carbonyl (C=O) groups is 1. The number of carbonyl (C=O) groups excluding carboxylic acids is 1. The number of hydrogen-bond donors (Lipinski definition) is 2. The van der Waals surface area contributed by atoms with Crippen LogP contribution in [-0.4, -0.2) is 26.0 Å². The molecule has 0 aliphatic rings. The van der Waals surface area contributed by atoms with Crippen LogP contribution in [0, 0.1) is 0 Å². The first-order valence-corrected chi connectivity index (χ1v) is 13.3. The van der Waals surface area contributed by atoms with Crippen molar-refractivity contribution in [3.05, 3.63) is 81.8 Å². The van der Waals surface area contributed by atoms with E-state index in [-0.39, 0.29) is 68.4 Å². The summed E-state index contributed by atoms with van der Waals surface area (Å²) in [6.45, 7) is 1.66. The molecule has 0 aromatic heterocycles. The number of rotatable bonds is 7. The number of halogens is 2. The first kappa shape index (κ1) is 30.8. The minimum atomic E-state index is -4.56. The molecule has 0 atom stereocenters. The van der Waals surface area contributed by atoms with Crippen LogP contribution in [0.4, 0.5) is 17.1 Å². The molecule has 196 valence electrons. The van der Waals surface area contributed by atoms with E-state index >= 15 is 0 Å². The summed E-state index contributed by atoms with van der Waals surface area (Å²) < 4.78 is 38.4. The second kappa shape index (κ2) is 12.6. The van der Waals surface area contributed by atoms with Crippen molar-refractivity contribution < 1.29 is 57.2 Å². The van der Waals surface area contributed by atoms with E-state index in [2.05, 4.69) is 15.5 Å². The molecular formula is C26H20Cl2N3NaO6S. The molecule has 13 heteroatoms. The maximum Gasteiger partial charge on any atom is 1.00 e. The second-order valence-electron chi connectivity index (χ2n) is 8.03. The molecule has 0 radical (unpaired) electrons. The number of amides is 1. The molecule has 39 heavy (non-hydrogen) atoms. The van der Waals surface area contributed by atoms with E-state index in [0.29, 0.717) is 27.2 Å². The molecule has 0 aliphatic heterocycles. The Balaban J connectivity index is 0.00000420. The van der Waals surface area contributed by atoms with Gasteiger partial charge >= 0.3 is 29.6 Å². The van der Waals surface area contributed by atoms with Gasteiger partial charge in [-0.25, -0.2) is 0 Å². The standard InChI is InChI=1S/C26H21Cl2N3O6S.Na/c1-3-16-22(38(34,35)36)11-10-20(28)23(16)30-31-24-17-7-5-4-6-14(17)12-18(25(24)32)26(33)29-15-8-9-19(27)21(13-15)37-2;/h4-13,32H,3H2,1-2H3,(H,29,33)(H,34,35,36);/q;+1/p-1. The molecule has 0 fully saturated rings. The zero-order valence-corrected chi connectivity index (χ0v) is 25.4. The van der Waals surface area contributed by atoms with Crippen molar-refractivity contribution >= 4 is 67.1 Å². The maximum atomic E-state index is 13.4. The summed E-state index contributed by atoms with van der Waals surface area (Å²) in [7, 11) is -3.12. The summed E-state index contributed by atoms with van der Waals surface area (Å²) in [5.41, 5.74) is 0.132. The Morgan fingerprint density at radius 2 is 1.69 bits per heavy atom. The first-order chi connectivity index (χ1) is 18.0. The number of fused-ring (bicyclic) bond motifs is 1. The van der Waals surface area contributed by atoms with Gasteiger partial charge in [0.25, 0.3) is 16.0 Å². The van der Waals surface area contributed by atoms with Crippen molar-refractivity contribution in [1.82, 2.24) is 0 Å². The van der Waals surface area contributed by atoms with Crippen molar-refractivity contribution in [1.29, 1.82) is 0 Å². The molecule has 0 saturated heterocycles. The molecule has 9 nitrogen and oxygen atoms in total. The largest absolute Gasteiger partial charge is 1.00 e. The number of azo groups is 1. The number of ether oxygens (including phenoxy) is 1. The van der Waals surface area contributed by atoms with E-state index in [4.69, 9.17) is 27.9 Å². The fraction of sp³-hybridized carbons (Fsp3) is 0.115. The fourth-order valence-electron chi connectivity index (χ4n) is 3.89. The van der Waals surface area contributed by atoms with Crippen molar-refractivity contribution in [3.63, 3.8) is 0 Å². The van der Waals surface area contributed by atoms with Crippen LogP contribution in [0.5, 0.6) is 11.5 Å². The minimum Gasteiger partial charge on any atom is -0.870 e. The van der Waals surface area contributed by atoms with Crippen molar-refractivity contribution in [2.24, 2.45) is 10.2 Å². The number of benzene rings is 4. The normalized spacial score (nSPS) is 11.4. The molecule has 0 saturated carbocycles. The van der Waals surface area contributed by atoms with Gasteiger partial charge in [0.15, 0.2) is 0 Å². The van der Waals surface area contributed by atoms with Crippen molar-refractivity contribution in [3.8, 4) is 11.5 Å². The van der Waals surface area contributed by atoms with Gasteiger partial charge in [-0.05, 0) is 42.1 Å². The van der Waals surface area contributed by atoms with E-state index in [0.717, 1.165) is 0 Å². The molecule has 0 aliphatic carbocycles. The Bertz CT molecular complexity index is 1710. The van der Waals surface area contributed by atoms with Gasteiger partial charge in [-0.3, -0.25) is 9.35 Å². The average Bonchev–Trinajstić information content (AvgIpc) is 2.88. The smallest absolute Gasteiger partial charge is 0.870 e. The molecular weight excluding hydrogens is 576 g/mol. The summed E-state index contributed by atoms with van der Waals surface area (Å²) in [5.74, 6) is -1.05. The number of nitrogens with zero attached hydrogens (tertiary/aromatic N) is 2. The van der Waals surface area contributed by atoms with Gasteiger partial charge in [-0.1, -0.05) is 60.1 Å². The molecule has 4 aromatic carbocycles. The van der Waals surface area contributed by atoms with Gasteiger partial charge in [-0.15, -0.1) is 5.11 Å². The number of anilines is 1. The summed E-state index contributed by atoms with van der Waals surface area (Å²) >= 11 is 12.3. The van der Waals surface area contributed by atoms with Gasteiger partial charge in [0.1, 0.15) is 11.4 Å². The molecule has 2 N–H and O–H groups in total. The second-order valence-corrected chi connectivity index (χ2v) is 10.2. The Morgan fingerprint density at radius 3 is 2.36 bits per heavy atom. The SMILES string of the molecule is CCc1c(S(=O)(=O)O)ccc(Cl)c1N=Nc1c([O-])c(C(=O)Nc2ccc(Cl)c(OC)c2)cc2ccccc12.[Na+]. The fourth-order valence-corrected chi connectivity index (χ4v) is 5.10. The monoisotopic (exact) mass is 595 g/mol. The predicted molar refractivity (Wildman–Crippen MR) is 144 cm³/mol. The Kier molecular flexibility index (Phi) is 10.0. The van der Waals surface area contributed by atoms with E-state index in [1.807, 2.05) is 0 Å². The molecule has 0 spiro atoms. The van der Waals surface area contributed by atoms with Crippen LogP contribution >= 0.6 is 23.2 Å². The maximum absolute atomic E-state index is 13.4. The Hall–Kier alpha value is -2.70. The average molecular weight is 596 g/mol. The van der Waals surface area contributed by atoms with Crippen LogP contribution in [-0.2, 0) is 16.5 Å². The molecule has 0 bridgehead atoms. The van der Waals surface area contributed by atoms with Crippen molar-refractivity contribution in [2.75, 3.05) is 12.4 Å². The molecule has 0 heterocycles. The number of nitrogens with one attached hydrogen (secondary N) is 1. The van der Waals surface area contributed by atoms with Gasteiger partial charge in [0.05, 0.1) is 27.7 Å². The van der Waals surface area contributed by atoms with E-state index < -0.39 is 21.8 Å². The summed E-state index contributed by atoms with van der Waals surface area (Å²) in [4.78, 5) is 12.8. The number of methoxy groups -OCH3 is 1. The number of hydrogen-bond acceptors (Lipinski definition) is 7. The van der Waals surface area contributed by atoms with Crippen LogP contribution < -0.4 is 44.7 Å². The van der Waals surface area contributed by atoms with Crippen LogP contribution in [0.25, 0.3) is 10.8 Å². The van der Waals surface area contributed by atoms with Gasteiger partial charge in [-0.2, -0.15) is 13.5 Å². The summed E-state index contributed by atoms with van der Waals surface area (Å²) in [6, 6.07) is 15.3. The molecule has 4 aromatic rings. The van der Waals surface area contributed by atoms with Gasteiger partial charge < -0.3 is 15.2 Å². The Labute approximate surface area is 256 Å². The van der Waals surface area contributed by atoms with Gasteiger partial charge in [0, 0.05) is 28.3 Å². The summed E-state index contributed by atoms with van der Waals surface area (Å²) in [5, 5.41) is 25.7. The zero-order chi connectivity index (χ0) is 27.6. The first-order valence-electron chi connectivity index (χ1n) is 11.1. The van der Waals surface area contributed by atoms with E-state index in [1.165, 1.54) is 31.4 Å². The zero-order valence-electron chi connectivity index (χ0n) is 21.0. The van der Waals surface area contributed by atoms with Gasteiger partial charge in [0.2, 0.25) is 0 Å². The van der Waals surface area contributed by atoms with Crippen LogP contribution in [0.2, 0.25) is 10.0 Å². The molecule has 0 unspecified atom stereocenters. The Morgan fingerprint density at radius 1 is 1.03 bits per heavy atom. The van der Waals surface area contributed by atoms with E-state index in [1.54, 1.807) is 43.3 Å². The molecule has 4 rings (SSSR count). The third kappa shape index (κ3) is 6.55. The third-order valence-electron chi connectivity index (χ3n) is 5.70. The van der Waals surface area contributed by atoms with Crippen LogP contribution in [0.1, 0.15) is 22.8 Å². The minimum absolute atomic E-state index is 0. The quantitative estimate of drug-likeness (QED) is 0.189. The van der Waals surface area contributed by atoms with Crippen LogP contribution in [0.15, 0.2) is 75.8 Å². The summed E-state index contributed by atoms with van der Waals surface area (Å²) in [6.07, 6.45) is 0.155.